The number of ether oxygens (including phenoxy) is 1. The van der Waals surface area contributed by atoms with Gasteiger partial charge in [0.05, 0.1) is 17.7 Å². The lowest BCUT2D eigenvalue weighted by atomic mass is 9.85. The number of carbonyl (C=O) groups is 1. The third-order valence-corrected chi connectivity index (χ3v) is 3.86. The van der Waals surface area contributed by atoms with E-state index in [0.717, 1.165) is 24.4 Å². The molecule has 2 N–H and O–H groups in total. The van der Waals surface area contributed by atoms with Gasteiger partial charge in [-0.05, 0) is 32.3 Å². The summed E-state index contributed by atoms with van der Waals surface area (Å²) in [5, 5.41) is 4.47. The van der Waals surface area contributed by atoms with E-state index in [1.165, 1.54) is 0 Å². The van der Waals surface area contributed by atoms with Gasteiger partial charge in [-0.1, -0.05) is 6.92 Å². The summed E-state index contributed by atoms with van der Waals surface area (Å²) < 4.78 is 7.18. The first-order valence-electron chi connectivity index (χ1n) is 7.04. The van der Waals surface area contributed by atoms with E-state index >= 15 is 0 Å². The topological polar surface area (TPSA) is 70.1 Å². The Labute approximate surface area is 114 Å². The van der Waals surface area contributed by atoms with E-state index < -0.39 is 5.54 Å². The van der Waals surface area contributed by atoms with Crippen LogP contribution in [0.2, 0.25) is 0 Å². The molecule has 0 radical (unpaired) electrons. The Balaban J connectivity index is 2.11. The molecule has 0 saturated carbocycles. The van der Waals surface area contributed by atoms with E-state index in [4.69, 9.17) is 10.5 Å². The van der Waals surface area contributed by atoms with Crippen molar-refractivity contribution in [3.63, 3.8) is 0 Å². The number of hydrogen-bond donors (Lipinski definition) is 1. The Hall–Kier alpha value is -1.20. The van der Waals surface area contributed by atoms with Gasteiger partial charge in [-0.15, -0.1) is 0 Å². The fourth-order valence-corrected chi connectivity index (χ4v) is 2.46. The van der Waals surface area contributed by atoms with Gasteiger partial charge < -0.3 is 10.5 Å². The number of aryl methyl sites for hydroxylation is 2. The highest BCUT2D eigenvalue weighted by Crippen LogP contribution is 2.21. The molecule has 19 heavy (non-hydrogen) atoms. The highest BCUT2D eigenvalue weighted by atomic mass is 16.5. The molecule has 2 rings (SSSR count). The number of nitrogens with two attached hydrogens (primary N) is 1. The van der Waals surface area contributed by atoms with E-state index in [-0.39, 0.29) is 5.78 Å². The summed E-state index contributed by atoms with van der Waals surface area (Å²) in [6.45, 7) is 6.04. The summed E-state index contributed by atoms with van der Waals surface area (Å²) in [6, 6.07) is 2.02. The maximum atomic E-state index is 12.4. The minimum Gasteiger partial charge on any atom is -0.381 e. The first-order chi connectivity index (χ1) is 9.09. The smallest absolute Gasteiger partial charge is 0.158 e. The maximum absolute atomic E-state index is 12.4. The van der Waals surface area contributed by atoms with Gasteiger partial charge in [-0.2, -0.15) is 5.10 Å². The van der Waals surface area contributed by atoms with Crippen LogP contribution in [0.25, 0.3) is 0 Å². The summed E-state index contributed by atoms with van der Waals surface area (Å²) >= 11 is 0. The average molecular weight is 265 g/mol. The Bertz CT molecular complexity index is 448. The first-order valence-corrected chi connectivity index (χ1v) is 7.04. The number of nitrogens with zero attached hydrogens (tertiary/aromatic N) is 2. The molecular weight excluding hydrogens is 242 g/mol. The third kappa shape index (κ3) is 3.04. The van der Waals surface area contributed by atoms with Crippen LogP contribution in [0.15, 0.2) is 6.07 Å². The predicted octanol–water partition coefficient (Wildman–Crippen LogP) is 1.08. The second kappa shape index (κ2) is 5.84. The molecule has 1 saturated heterocycles. The molecule has 0 amide bonds. The molecule has 1 aliphatic heterocycles. The van der Waals surface area contributed by atoms with Crippen molar-refractivity contribution in [2.45, 2.75) is 51.6 Å². The molecule has 5 heteroatoms. The lowest BCUT2D eigenvalue weighted by Crippen LogP contribution is -2.52. The molecule has 0 unspecified atom stereocenters. The highest BCUT2D eigenvalue weighted by molar-refractivity contribution is 5.89. The van der Waals surface area contributed by atoms with Crippen LogP contribution in [-0.4, -0.2) is 34.3 Å². The van der Waals surface area contributed by atoms with Crippen LogP contribution in [0.3, 0.4) is 0 Å². The van der Waals surface area contributed by atoms with Crippen molar-refractivity contribution in [3.05, 3.63) is 17.5 Å². The lowest BCUT2D eigenvalue weighted by Gasteiger charge is -2.31. The van der Waals surface area contributed by atoms with Crippen LogP contribution in [0.4, 0.5) is 0 Å². The first kappa shape index (κ1) is 14.2. The fourth-order valence-electron chi connectivity index (χ4n) is 2.46. The van der Waals surface area contributed by atoms with E-state index in [2.05, 4.69) is 12.0 Å². The Morgan fingerprint density at radius 2 is 2.16 bits per heavy atom. The Morgan fingerprint density at radius 3 is 2.74 bits per heavy atom. The SMILES string of the molecule is CCc1cc(CC(=O)C2(N)CCOCC2)n(CC)n1. The number of hydrogen-bond acceptors (Lipinski definition) is 4. The van der Waals surface area contributed by atoms with Gasteiger partial charge in [0, 0.05) is 25.5 Å². The van der Waals surface area contributed by atoms with E-state index in [1.807, 2.05) is 17.7 Å². The van der Waals surface area contributed by atoms with Crippen molar-refractivity contribution in [1.29, 1.82) is 0 Å². The predicted molar refractivity (Wildman–Crippen MR) is 73.0 cm³/mol. The molecular formula is C14H23N3O2. The number of carbonyl (C=O) groups excluding carboxylic acids is 1. The Kier molecular flexibility index (Phi) is 4.37. The zero-order chi connectivity index (χ0) is 13.9. The summed E-state index contributed by atoms with van der Waals surface area (Å²) in [5.41, 5.74) is 7.51. The number of ketones is 1. The molecule has 0 spiro atoms. The molecule has 106 valence electrons. The summed E-state index contributed by atoms with van der Waals surface area (Å²) in [6.07, 6.45) is 2.49. The van der Waals surface area contributed by atoms with Crippen molar-refractivity contribution in [2.24, 2.45) is 5.73 Å². The van der Waals surface area contributed by atoms with Crippen molar-refractivity contribution in [1.82, 2.24) is 9.78 Å². The van der Waals surface area contributed by atoms with Crippen LogP contribution < -0.4 is 5.73 Å². The zero-order valence-corrected chi connectivity index (χ0v) is 11.8. The van der Waals surface area contributed by atoms with Crippen LogP contribution in [-0.2, 0) is 28.9 Å². The molecule has 1 aromatic rings. The van der Waals surface area contributed by atoms with Crippen molar-refractivity contribution < 1.29 is 9.53 Å². The monoisotopic (exact) mass is 265 g/mol. The molecule has 1 aliphatic rings. The summed E-state index contributed by atoms with van der Waals surface area (Å²) in [7, 11) is 0. The van der Waals surface area contributed by atoms with Gasteiger partial charge in [0.25, 0.3) is 0 Å². The molecule has 1 fully saturated rings. The molecule has 1 aromatic heterocycles. The molecule has 0 aliphatic carbocycles. The normalized spacial score (nSPS) is 18.5. The second-order valence-electron chi connectivity index (χ2n) is 5.16. The minimum absolute atomic E-state index is 0.105. The second-order valence-corrected chi connectivity index (χ2v) is 5.16. The van der Waals surface area contributed by atoms with E-state index in [9.17, 15) is 4.79 Å². The van der Waals surface area contributed by atoms with Crippen LogP contribution in [0.1, 0.15) is 38.1 Å². The quantitative estimate of drug-likeness (QED) is 0.865. The van der Waals surface area contributed by atoms with Crippen molar-refractivity contribution in [2.75, 3.05) is 13.2 Å². The Morgan fingerprint density at radius 1 is 1.47 bits per heavy atom. The maximum Gasteiger partial charge on any atom is 0.158 e. The van der Waals surface area contributed by atoms with Gasteiger partial charge in [0.1, 0.15) is 0 Å². The number of rotatable bonds is 5. The van der Waals surface area contributed by atoms with Crippen molar-refractivity contribution in [3.8, 4) is 0 Å². The van der Waals surface area contributed by atoms with Gasteiger partial charge in [-0.3, -0.25) is 9.48 Å². The standard InChI is InChI=1S/C14H23N3O2/c1-3-11-9-12(17(4-2)16-11)10-13(18)14(15)5-7-19-8-6-14/h9H,3-8,10,15H2,1-2H3. The van der Waals surface area contributed by atoms with Crippen LogP contribution in [0, 0.1) is 0 Å². The van der Waals surface area contributed by atoms with Crippen LogP contribution >= 0.6 is 0 Å². The molecule has 5 nitrogen and oxygen atoms in total. The van der Waals surface area contributed by atoms with E-state index in [1.54, 1.807) is 0 Å². The molecule has 0 bridgehead atoms. The zero-order valence-electron chi connectivity index (χ0n) is 11.8. The third-order valence-electron chi connectivity index (χ3n) is 3.86. The molecule has 2 heterocycles. The highest BCUT2D eigenvalue weighted by Gasteiger charge is 2.35. The van der Waals surface area contributed by atoms with Gasteiger partial charge in [0.2, 0.25) is 0 Å². The van der Waals surface area contributed by atoms with Gasteiger partial charge >= 0.3 is 0 Å². The van der Waals surface area contributed by atoms with Crippen LogP contribution in [0.5, 0.6) is 0 Å². The minimum atomic E-state index is -0.715. The van der Waals surface area contributed by atoms with Gasteiger partial charge in [0.15, 0.2) is 5.78 Å². The fraction of sp³-hybridized carbons (Fsp3) is 0.714. The lowest BCUT2D eigenvalue weighted by molar-refractivity contribution is -0.127. The van der Waals surface area contributed by atoms with Crippen molar-refractivity contribution >= 4 is 5.78 Å². The molecule has 0 atom stereocenters. The number of Topliss-reactive ketones (excluding diaryl/α,β-unsaturated/α-hetero) is 1. The van der Waals surface area contributed by atoms with Gasteiger partial charge in [-0.25, -0.2) is 0 Å². The summed E-state index contributed by atoms with van der Waals surface area (Å²) in [4.78, 5) is 12.4. The largest absolute Gasteiger partial charge is 0.381 e. The summed E-state index contributed by atoms with van der Waals surface area (Å²) in [5.74, 6) is 0.105. The average Bonchev–Trinajstić information content (AvgIpc) is 2.82. The number of aromatic nitrogens is 2. The van der Waals surface area contributed by atoms with E-state index in [0.29, 0.717) is 32.5 Å². The molecule has 0 aromatic carbocycles.